The lowest BCUT2D eigenvalue weighted by Crippen LogP contribution is -2.45. The molecule has 6 heteroatoms. The van der Waals surface area contributed by atoms with E-state index in [1.165, 1.54) is 18.4 Å². The number of hydrogen-bond acceptors (Lipinski definition) is 3. The highest BCUT2D eigenvalue weighted by Crippen LogP contribution is 2.38. The number of nitrogens with one attached hydrogen (secondary N) is 1. The first kappa shape index (κ1) is 22.4. The molecule has 2 unspecified atom stereocenters. The standard InChI is InChI=1S/C21H34N4O.HI/c1-4-24(5-2)19(18-9-7-6-8-10-18)15-23-20(22-3)25-13-11-21(16-25)12-14-26-17-21;/h6-10,19H,4-5,11-17H2,1-3H3,(H,22,23);1H. The van der Waals surface area contributed by atoms with Crippen molar-refractivity contribution in [1.82, 2.24) is 15.1 Å². The molecule has 0 aliphatic carbocycles. The maximum Gasteiger partial charge on any atom is 0.193 e. The summed E-state index contributed by atoms with van der Waals surface area (Å²) in [6.45, 7) is 11.4. The molecule has 1 aromatic carbocycles. The lowest BCUT2D eigenvalue weighted by atomic mass is 9.87. The molecule has 0 bridgehead atoms. The molecule has 0 amide bonds. The van der Waals surface area contributed by atoms with E-state index in [1.807, 2.05) is 7.05 Å². The van der Waals surface area contributed by atoms with Crippen LogP contribution in [0, 0.1) is 5.41 Å². The van der Waals surface area contributed by atoms with Gasteiger partial charge in [0.05, 0.1) is 12.6 Å². The summed E-state index contributed by atoms with van der Waals surface area (Å²) in [5.74, 6) is 1.03. The predicted molar refractivity (Wildman–Crippen MR) is 123 cm³/mol. The highest BCUT2D eigenvalue weighted by Gasteiger charge is 2.42. The topological polar surface area (TPSA) is 40.1 Å². The molecule has 1 spiro atoms. The monoisotopic (exact) mass is 486 g/mol. The van der Waals surface area contributed by atoms with E-state index in [1.54, 1.807) is 0 Å². The van der Waals surface area contributed by atoms with Crippen molar-refractivity contribution in [3.05, 3.63) is 35.9 Å². The average Bonchev–Trinajstić information content (AvgIpc) is 3.32. The number of likely N-dealkylation sites (tertiary alicyclic amines) is 1. The van der Waals surface area contributed by atoms with Gasteiger partial charge in [-0.3, -0.25) is 9.89 Å². The molecule has 2 heterocycles. The molecule has 2 saturated heterocycles. The van der Waals surface area contributed by atoms with E-state index in [0.717, 1.165) is 51.9 Å². The minimum atomic E-state index is 0. The Morgan fingerprint density at radius 1 is 1.26 bits per heavy atom. The zero-order valence-electron chi connectivity index (χ0n) is 17.0. The first-order valence-corrected chi connectivity index (χ1v) is 10.0. The predicted octanol–water partition coefficient (Wildman–Crippen LogP) is 3.38. The summed E-state index contributed by atoms with van der Waals surface area (Å²) in [6.07, 6.45) is 2.40. The number of aliphatic imine (C=N–C) groups is 1. The number of likely N-dealkylation sites (N-methyl/N-ethyl adjacent to an activating group) is 1. The quantitative estimate of drug-likeness (QED) is 0.381. The Morgan fingerprint density at radius 2 is 2.00 bits per heavy atom. The van der Waals surface area contributed by atoms with Crippen LogP contribution in [0.2, 0.25) is 0 Å². The van der Waals surface area contributed by atoms with Crippen molar-refractivity contribution in [2.75, 3.05) is 53.0 Å². The van der Waals surface area contributed by atoms with E-state index in [9.17, 15) is 0 Å². The second kappa shape index (κ2) is 10.6. The fourth-order valence-electron chi connectivity index (χ4n) is 4.40. The zero-order chi connectivity index (χ0) is 18.4. The Balaban J connectivity index is 0.00000261. The number of nitrogens with zero attached hydrogens (tertiary/aromatic N) is 3. The zero-order valence-corrected chi connectivity index (χ0v) is 19.3. The van der Waals surface area contributed by atoms with Crippen LogP contribution in [0.5, 0.6) is 0 Å². The maximum atomic E-state index is 5.67. The fourth-order valence-corrected chi connectivity index (χ4v) is 4.40. The van der Waals surface area contributed by atoms with Crippen molar-refractivity contribution in [1.29, 1.82) is 0 Å². The van der Waals surface area contributed by atoms with Crippen molar-refractivity contribution in [3.8, 4) is 0 Å². The van der Waals surface area contributed by atoms with Gasteiger partial charge < -0.3 is 15.0 Å². The number of rotatable bonds is 6. The molecule has 5 nitrogen and oxygen atoms in total. The van der Waals surface area contributed by atoms with Crippen LogP contribution in [-0.4, -0.2) is 68.7 Å². The number of benzene rings is 1. The third-order valence-corrected chi connectivity index (χ3v) is 6.03. The average molecular weight is 486 g/mol. The first-order valence-electron chi connectivity index (χ1n) is 10.0. The molecule has 2 fully saturated rings. The minimum absolute atomic E-state index is 0. The van der Waals surface area contributed by atoms with E-state index < -0.39 is 0 Å². The molecule has 0 saturated carbocycles. The fraction of sp³-hybridized carbons (Fsp3) is 0.667. The lowest BCUT2D eigenvalue weighted by molar-refractivity contribution is 0.156. The summed E-state index contributed by atoms with van der Waals surface area (Å²) in [7, 11) is 1.90. The number of guanidine groups is 1. The SMILES string of the molecule is CCN(CC)C(CNC(=NC)N1CCC2(CCOC2)C1)c1ccccc1.I. The van der Waals surface area contributed by atoms with Crippen LogP contribution in [0.4, 0.5) is 0 Å². The van der Waals surface area contributed by atoms with Gasteiger partial charge in [-0.2, -0.15) is 0 Å². The van der Waals surface area contributed by atoms with E-state index in [0.29, 0.717) is 11.5 Å². The van der Waals surface area contributed by atoms with Gasteiger partial charge in [-0.1, -0.05) is 44.2 Å². The van der Waals surface area contributed by atoms with Crippen molar-refractivity contribution >= 4 is 29.9 Å². The van der Waals surface area contributed by atoms with Gasteiger partial charge in [0.1, 0.15) is 0 Å². The Kier molecular flexibility index (Phi) is 8.82. The van der Waals surface area contributed by atoms with E-state index >= 15 is 0 Å². The summed E-state index contributed by atoms with van der Waals surface area (Å²) in [5, 5.41) is 3.66. The van der Waals surface area contributed by atoms with Gasteiger partial charge in [-0.05, 0) is 31.5 Å². The third-order valence-electron chi connectivity index (χ3n) is 6.03. The highest BCUT2D eigenvalue weighted by atomic mass is 127. The van der Waals surface area contributed by atoms with E-state index in [2.05, 4.69) is 64.3 Å². The smallest absolute Gasteiger partial charge is 0.193 e. The van der Waals surface area contributed by atoms with Crippen LogP contribution in [0.1, 0.15) is 38.3 Å². The van der Waals surface area contributed by atoms with Gasteiger partial charge in [0.25, 0.3) is 0 Å². The molecule has 27 heavy (non-hydrogen) atoms. The first-order chi connectivity index (χ1) is 12.7. The van der Waals surface area contributed by atoms with Crippen molar-refractivity contribution in [2.24, 2.45) is 10.4 Å². The van der Waals surface area contributed by atoms with E-state index in [4.69, 9.17) is 4.74 Å². The van der Waals surface area contributed by atoms with Gasteiger partial charge in [0.15, 0.2) is 5.96 Å². The van der Waals surface area contributed by atoms with Crippen molar-refractivity contribution in [2.45, 2.75) is 32.7 Å². The Hall–Kier alpha value is -0.860. The Labute approximate surface area is 181 Å². The number of halogens is 1. The molecular formula is C21H35IN4O. The molecule has 2 aliphatic heterocycles. The normalized spacial score (nSPS) is 23.7. The molecular weight excluding hydrogens is 451 g/mol. The van der Waals surface area contributed by atoms with Crippen LogP contribution in [0.25, 0.3) is 0 Å². The van der Waals surface area contributed by atoms with Crippen LogP contribution < -0.4 is 5.32 Å². The summed E-state index contributed by atoms with van der Waals surface area (Å²) < 4.78 is 5.67. The summed E-state index contributed by atoms with van der Waals surface area (Å²) in [6, 6.07) is 11.2. The Morgan fingerprint density at radius 3 is 2.59 bits per heavy atom. The lowest BCUT2D eigenvalue weighted by Gasteiger charge is -2.32. The molecule has 0 radical (unpaired) electrons. The van der Waals surface area contributed by atoms with Crippen LogP contribution >= 0.6 is 24.0 Å². The maximum absolute atomic E-state index is 5.67. The van der Waals surface area contributed by atoms with Crippen LogP contribution in [-0.2, 0) is 4.74 Å². The molecule has 2 atom stereocenters. The van der Waals surface area contributed by atoms with Gasteiger partial charge in [-0.25, -0.2) is 0 Å². The summed E-state index contributed by atoms with van der Waals surface area (Å²) in [4.78, 5) is 9.49. The highest BCUT2D eigenvalue weighted by molar-refractivity contribution is 14.0. The van der Waals surface area contributed by atoms with Gasteiger partial charge >= 0.3 is 0 Å². The molecule has 0 aromatic heterocycles. The van der Waals surface area contributed by atoms with Gasteiger partial charge in [0, 0.05) is 38.7 Å². The van der Waals surface area contributed by atoms with Crippen molar-refractivity contribution < 1.29 is 4.74 Å². The largest absolute Gasteiger partial charge is 0.381 e. The van der Waals surface area contributed by atoms with Gasteiger partial charge in [-0.15, -0.1) is 24.0 Å². The van der Waals surface area contributed by atoms with Crippen LogP contribution in [0.3, 0.4) is 0 Å². The van der Waals surface area contributed by atoms with Gasteiger partial charge in [0.2, 0.25) is 0 Å². The number of hydrogen-bond donors (Lipinski definition) is 1. The molecule has 2 aliphatic rings. The molecule has 3 rings (SSSR count). The second-order valence-corrected chi connectivity index (χ2v) is 7.55. The summed E-state index contributed by atoms with van der Waals surface area (Å²) in [5.41, 5.74) is 1.72. The molecule has 152 valence electrons. The third kappa shape index (κ3) is 5.35. The minimum Gasteiger partial charge on any atom is -0.381 e. The van der Waals surface area contributed by atoms with E-state index in [-0.39, 0.29) is 24.0 Å². The summed E-state index contributed by atoms with van der Waals surface area (Å²) >= 11 is 0. The molecule has 1 N–H and O–H groups in total. The number of ether oxygens (including phenoxy) is 1. The van der Waals surface area contributed by atoms with Crippen molar-refractivity contribution in [3.63, 3.8) is 0 Å². The molecule has 1 aromatic rings. The second-order valence-electron chi connectivity index (χ2n) is 7.55. The van der Waals surface area contributed by atoms with Crippen LogP contribution in [0.15, 0.2) is 35.3 Å². The Bertz CT molecular complexity index is 585.